The minimum atomic E-state index is -0.293. The van der Waals surface area contributed by atoms with Crippen LogP contribution in [0.4, 0.5) is 4.39 Å². The van der Waals surface area contributed by atoms with Crippen molar-refractivity contribution in [1.82, 2.24) is 9.97 Å². The fourth-order valence-corrected chi connectivity index (χ4v) is 1.97. The summed E-state index contributed by atoms with van der Waals surface area (Å²) < 4.78 is 13.7. The lowest BCUT2D eigenvalue weighted by Gasteiger charge is -2.04. The van der Waals surface area contributed by atoms with Crippen LogP contribution >= 0.6 is 11.6 Å². The van der Waals surface area contributed by atoms with Crippen molar-refractivity contribution in [2.45, 2.75) is 0 Å². The summed E-state index contributed by atoms with van der Waals surface area (Å²) in [6, 6.07) is 11.9. The number of aromatic nitrogens is 2. The molecule has 2 nitrogen and oxygen atoms in total. The Morgan fingerprint density at radius 1 is 1.06 bits per heavy atom. The van der Waals surface area contributed by atoms with Gasteiger partial charge in [0, 0.05) is 17.1 Å². The molecule has 0 unspecified atom stereocenters. The Morgan fingerprint density at radius 2 is 1.89 bits per heavy atom. The molecule has 0 bridgehead atoms. The molecule has 2 heterocycles. The minimum absolute atomic E-state index is 0.293. The molecule has 88 valence electrons. The number of nitrogens with zero attached hydrogens (tertiary/aromatic N) is 2. The van der Waals surface area contributed by atoms with E-state index < -0.39 is 0 Å². The number of hydrogen-bond donors (Lipinski definition) is 0. The molecule has 0 saturated heterocycles. The molecular formula is C14H8ClFN2. The van der Waals surface area contributed by atoms with E-state index in [0.29, 0.717) is 21.9 Å². The average molecular weight is 259 g/mol. The van der Waals surface area contributed by atoms with Crippen LogP contribution in [0, 0.1) is 5.82 Å². The summed E-state index contributed by atoms with van der Waals surface area (Å²) in [5, 5.41) is 1.39. The lowest BCUT2D eigenvalue weighted by Crippen LogP contribution is -1.90. The fourth-order valence-electron chi connectivity index (χ4n) is 1.80. The van der Waals surface area contributed by atoms with Crippen LogP contribution in [0.1, 0.15) is 0 Å². The summed E-state index contributed by atoms with van der Waals surface area (Å²) in [7, 11) is 0. The van der Waals surface area contributed by atoms with E-state index in [-0.39, 0.29) is 5.82 Å². The molecule has 3 aromatic rings. The Kier molecular flexibility index (Phi) is 2.68. The molecule has 18 heavy (non-hydrogen) atoms. The molecule has 3 rings (SSSR count). The highest BCUT2D eigenvalue weighted by Gasteiger charge is 2.06. The van der Waals surface area contributed by atoms with Crippen molar-refractivity contribution in [3.63, 3.8) is 0 Å². The second-order valence-corrected chi connectivity index (χ2v) is 4.31. The highest BCUT2D eigenvalue weighted by atomic mass is 35.5. The minimum Gasteiger partial charge on any atom is -0.235 e. The van der Waals surface area contributed by atoms with Gasteiger partial charge >= 0.3 is 0 Å². The van der Waals surface area contributed by atoms with Gasteiger partial charge in [0.05, 0.1) is 10.7 Å². The summed E-state index contributed by atoms with van der Waals surface area (Å²) >= 11 is 5.85. The van der Waals surface area contributed by atoms with Gasteiger partial charge in [0.2, 0.25) is 0 Å². The van der Waals surface area contributed by atoms with Gasteiger partial charge in [-0.25, -0.2) is 14.4 Å². The highest BCUT2D eigenvalue weighted by molar-refractivity contribution is 6.31. The van der Waals surface area contributed by atoms with Gasteiger partial charge in [-0.2, -0.15) is 0 Å². The Hall–Kier alpha value is -2.00. The van der Waals surface area contributed by atoms with Gasteiger partial charge in [-0.05, 0) is 30.3 Å². The maximum Gasteiger partial charge on any atom is 0.159 e. The van der Waals surface area contributed by atoms with E-state index in [4.69, 9.17) is 11.6 Å². The lowest BCUT2D eigenvalue weighted by atomic mass is 10.1. The third-order valence-electron chi connectivity index (χ3n) is 2.66. The summed E-state index contributed by atoms with van der Waals surface area (Å²) in [5.41, 5.74) is 1.59. The van der Waals surface area contributed by atoms with Gasteiger partial charge in [-0.3, -0.25) is 0 Å². The highest BCUT2D eigenvalue weighted by Crippen LogP contribution is 2.23. The van der Waals surface area contributed by atoms with Crippen molar-refractivity contribution in [2.75, 3.05) is 0 Å². The van der Waals surface area contributed by atoms with Gasteiger partial charge in [-0.1, -0.05) is 23.7 Å². The molecule has 4 heteroatoms. The first-order chi connectivity index (χ1) is 8.74. The van der Waals surface area contributed by atoms with E-state index in [1.807, 2.05) is 6.07 Å². The van der Waals surface area contributed by atoms with Crippen LogP contribution in [0.3, 0.4) is 0 Å². The maximum absolute atomic E-state index is 13.7. The molecule has 0 N–H and O–H groups in total. The first-order valence-electron chi connectivity index (χ1n) is 5.41. The van der Waals surface area contributed by atoms with Crippen LogP contribution in [0.5, 0.6) is 0 Å². The summed E-state index contributed by atoms with van der Waals surface area (Å²) in [6.45, 7) is 0. The van der Waals surface area contributed by atoms with Gasteiger partial charge < -0.3 is 0 Å². The van der Waals surface area contributed by atoms with Crippen LogP contribution in [-0.4, -0.2) is 9.97 Å². The van der Waals surface area contributed by atoms with Crippen LogP contribution < -0.4 is 0 Å². The van der Waals surface area contributed by atoms with Crippen molar-refractivity contribution < 1.29 is 4.39 Å². The zero-order valence-corrected chi connectivity index (χ0v) is 10.0. The third-order valence-corrected chi connectivity index (χ3v) is 2.87. The number of halogens is 2. The molecule has 0 saturated carbocycles. The van der Waals surface area contributed by atoms with Crippen molar-refractivity contribution in [3.05, 3.63) is 59.5 Å². The second-order valence-electron chi connectivity index (χ2n) is 3.88. The maximum atomic E-state index is 13.7. The Morgan fingerprint density at radius 3 is 2.72 bits per heavy atom. The largest absolute Gasteiger partial charge is 0.235 e. The first-order valence-corrected chi connectivity index (χ1v) is 5.79. The number of fused-ring (bicyclic) bond motifs is 1. The Balaban J connectivity index is 2.20. The van der Waals surface area contributed by atoms with E-state index in [9.17, 15) is 4.39 Å². The van der Waals surface area contributed by atoms with Crippen molar-refractivity contribution in [3.8, 4) is 11.3 Å². The van der Waals surface area contributed by atoms with Crippen LogP contribution in [0.2, 0.25) is 5.02 Å². The van der Waals surface area contributed by atoms with E-state index in [0.717, 1.165) is 5.39 Å². The van der Waals surface area contributed by atoms with E-state index >= 15 is 0 Å². The van der Waals surface area contributed by atoms with Crippen LogP contribution in [0.15, 0.2) is 48.7 Å². The van der Waals surface area contributed by atoms with Crippen LogP contribution in [0.25, 0.3) is 22.3 Å². The number of benzene rings is 1. The molecule has 2 aromatic heterocycles. The second kappa shape index (κ2) is 4.35. The molecule has 0 amide bonds. The van der Waals surface area contributed by atoms with Crippen molar-refractivity contribution in [2.24, 2.45) is 0 Å². The lowest BCUT2D eigenvalue weighted by molar-refractivity contribution is 0.631. The molecular weight excluding hydrogens is 251 g/mol. The van der Waals surface area contributed by atoms with E-state index in [1.54, 1.807) is 30.3 Å². The Labute approximate surface area is 108 Å². The summed E-state index contributed by atoms with van der Waals surface area (Å²) in [5.74, 6) is -0.293. The molecule has 0 aliphatic heterocycles. The zero-order chi connectivity index (χ0) is 12.5. The van der Waals surface area contributed by atoms with Gasteiger partial charge in [0.15, 0.2) is 5.65 Å². The van der Waals surface area contributed by atoms with E-state index in [2.05, 4.69) is 9.97 Å². The quantitative estimate of drug-likeness (QED) is 0.657. The third kappa shape index (κ3) is 1.93. The van der Waals surface area contributed by atoms with Gasteiger partial charge in [0.1, 0.15) is 5.82 Å². The predicted molar refractivity (Wildman–Crippen MR) is 69.9 cm³/mol. The Bertz CT molecular complexity index is 728. The average Bonchev–Trinajstić information content (AvgIpc) is 2.39. The van der Waals surface area contributed by atoms with Crippen molar-refractivity contribution >= 4 is 22.6 Å². The molecule has 0 aliphatic carbocycles. The number of rotatable bonds is 1. The molecule has 0 aliphatic rings. The summed E-state index contributed by atoms with van der Waals surface area (Å²) in [6.07, 6.45) is 1.53. The predicted octanol–water partition coefficient (Wildman–Crippen LogP) is 4.09. The molecule has 0 radical (unpaired) electrons. The SMILES string of the molecule is Fc1ccccc1-c1ccc2cc(Cl)cnc2n1. The van der Waals surface area contributed by atoms with Gasteiger partial charge in [-0.15, -0.1) is 0 Å². The van der Waals surface area contributed by atoms with Crippen molar-refractivity contribution in [1.29, 1.82) is 0 Å². The van der Waals surface area contributed by atoms with E-state index in [1.165, 1.54) is 12.3 Å². The summed E-state index contributed by atoms with van der Waals surface area (Å²) in [4.78, 5) is 8.47. The monoisotopic (exact) mass is 258 g/mol. The number of pyridine rings is 2. The fraction of sp³-hybridized carbons (Fsp3) is 0. The normalized spacial score (nSPS) is 10.8. The first kappa shape index (κ1) is 11.1. The smallest absolute Gasteiger partial charge is 0.159 e. The molecule has 1 aromatic carbocycles. The van der Waals surface area contributed by atoms with Gasteiger partial charge in [0.25, 0.3) is 0 Å². The zero-order valence-electron chi connectivity index (χ0n) is 9.27. The number of hydrogen-bond acceptors (Lipinski definition) is 2. The van der Waals surface area contributed by atoms with Crippen LogP contribution in [-0.2, 0) is 0 Å². The standard InChI is InChI=1S/C14H8ClFN2/c15-10-7-9-5-6-13(18-14(9)17-8-10)11-3-1-2-4-12(11)16/h1-8H. The molecule has 0 fully saturated rings. The topological polar surface area (TPSA) is 25.8 Å². The molecule has 0 atom stereocenters. The molecule has 0 spiro atoms.